The molecule has 0 aliphatic carbocycles. The zero-order chi connectivity index (χ0) is 17.4. The molecule has 1 unspecified atom stereocenters. The number of nitrogens with one attached hydrogen (secondary N) is 1. The Kier molecular flexibility index (Phi) is 6.31. The van der Waals surface area contributed by atoms with Crippen LogP contribution in [-0.2, 0) is 14.3 Å². The molecule has 0 aliphatic heterocycles. The number of halogens is 1. The summed E-state index contributed by atoms with van der Waals surface area (Å²) in [5.74, 6) is -0.814. The van der Waals surface area contributed by atoms with Crippen LogP contribution >= 0.6 is 0 Å². The van der Waals surface area contributed by atoms with Crippen LogP contribution in [-0.4, -0.2) is 25.6 Å². The Balaban J connectivity index is 1.96. The SMILES string of the molecule is COC(=O)CC(NC(=O)COc1ccc(F)cc1)c1ccccc1. The highest BCUT2D eigenvalue weighted by Gasteiger charge is 2.19. The third-order valence-electron chi connectivity index (χ3n) is 3.32. The first kappa shape index (κ1) is 17.5. The highest BCUT2D eigenvalue weighted by molar-refractivity contribution is 5.79. The van der Waals surface area contributed by atoms with Crippen LogP contribution in [0.25, 0.3) is 0 Å². The summed E-state index contributed by atoms with van der Waals surface area (Å²) in [5.41, 5.74) is 0.790. The molecular weight excluding hydrogens is 313 g/mol. The highest BCUT2D eigenvalue weighted by atomic mass is 19.1. The van der Waals surface area contributed by atoms with Crippen LogP contribution in [0.1, 0.15) is 18.0 Å². The lowest BCUT2D eigenvalue weighted by atomic mass is 10.0. The van der Waals surface area contributed by atoms with Crippen LogP contribution in [0.2, 0.25) is 0 Å². The monoisotopic (exact) mass is 331 g/mol. The van der Waals surface area contributed by atoms with Gasteiger partial charge in [-0.25, -0.2) is 4.39 Å². The number of esters is 1. The lowest BCUT2D eigenvalue weighted by molar-refractivity contribution is -0.141. The summed E-state index contributed by atoms with van der Waals surface area (Å²) in [6, 6.07) is 14.0. The van der Waals surface area contributed by atoms with E-state index >= 15 is 0 Å². The lowest BCUT2D eigenvalue weighted by Crippen LogP contribution is -2.34. The molecule has 1 amide bonds. The number of hydrogen-bond donors (Lipinski definition) is 1. The fourth-order valence-corrected chi connectivity index (χ4v) is 2.10. The zero-order valence-corrected chi connectivity index (χ0v) is 13.2. The normalized spacial score (nSPS) is 11.4. The highest BCUT2D eigenvalue weighted by Crippen LogP contribution is 2.17. The first-order valence-corrected chi connectivity index (χ1v) is 7.38. The Hall–Kier alpha value is -2.89. The van der Waals surface area contributed by atoms with E-state index in [1.165, 1.54) is 31.4 Å². The molecular formula is C18H18FNO4. The van der Waals surface area contributed by atoms with Gasteiger partial charge in [0, 0.05) is 0 Å². The van der Waals surface area contributed by atoms with Crippen molar-refractivity contribution >= 4 is 11.9 Å². The van der Waals surface area contributed by atoms with E-state index in [9.17, 15) is 14.0 Å². The summed E-state index contributed by atoms with van der Waals surface area (Å²) in [6.07, 6.45) is 0.0167. The van der Waals surface area contributed by atoms with E-state index in [4.69, 9.17) is 4.74 Å². The molecule has 0 fully saturated rings. The number of methoxy groups -OCH3 is 1. The maximum atomic E-state index is 12.8. The van der Waals surface area contributed by atoms with Crippen molar-refractivity contribution in [1.82, 2.24) is 5.32 Å². The lowest BCUT2D eigenvalue weighted by Gasteiger charge is -2.18. The van der Waals surface area contributed by atoms with E-state index in [0.29, 0.717) is 5.75 Å². The van der Waals surface area contributed by atoms with Crippen LogP contribution < -0.4 is 10.1 Å². The van der Waals surface area contributed by atoms with E-state index in [0.717, 1.165) is 5.56 Å². The van der Waals surface area contributed by atoms with Crippen LogP contribution in [0.5, 0.6) is 5.75 Å². The predicted octanol–water partition coefficient (Wildman–Crippen LogP) is 2.63. The molecule has 0 aromatic heterocycles. The number of ether oxygens (including phenoxy) is 2. The average Bonchev–Trinajstić information content (AvgIpc) is 2.61. The van der Waals surface area contributed by atoms with Gasteiger partial charge in [-0.05, 0) is 29.8 Å². The maximum Gasteiger partial charge on any atom is 0.307 e. The zero-order valence-electron chi connectivity index (χ0n) is 13.2. The summed E-state index contributed by atoms with van der Waals surface area (Å²) in [4.78, 5) is 23.6. The second-order valence-corrected chi connectivity index (χ2v) is 5.05. The maximum absolute atomic E-state index is 12.8. The quantitative estimate of drug-likeness (QED) is 0.792. The summed E-state index contributed by atoms with van der Waals surface area (Å²) in [7, 11) is 1.30. The molecule has 6 heteroatoms. The van der Waals surface area contributed by atoms with Crippen LogP contribution in [0.3, 0.4) is 0 Å². The number of hydrogen-bond acceptors (Lipinski definition) is 4. The molecule has 0 heterocycles. The third-order valence-corrected chi connectivity index (χ3v) is 3.32. The van der Waals surface area contributed by atoms with E-state index in [-0.39, 0.29) is 18.8 Å². The van der Waals surface area contributed by atoms with Gasteiger partial charge in [-0.1, -0.05) is 30.3 Å². The number of rotatable bonds is 7. The van der Waals surface area contributed by atoms with Crippen molar-refractivity contribution in [3.8, 4) is 5.75 Å². The molecule has 1 atom stereocenters. The van der Waals surface area contributed by atoms with Gasteiger partial charge in [0.1, 0.15) is 11.6 Å². The Morgan fingerprint density at radius 1 is 1.08 bits per heavy atom. The average molecular weight is 331 g/mol. The minimum atomic E-state index is -0.511. The fraction of sp³-hybridized carbons (Fsp3) is 0.222. The van der Waals surface area contributed by atoms with E-state index in [1.807, 2.05) is 30.3 Å². The molecule has 2 aromatic carbocycles. The smallest absolute Gasteiger partial charge is 0.307 e. The van der Waals surface area contributed by atoms with Crippen LogP contribution in [0.15, 0.2) is 54.6 Å². The van der Waals surface area contributed by atoms with Crippen molar-refractivity contribution in [2.75, 3.05) is 13.7 Å². The number of amides is 1. The molecule has 0 saturated heterocycles. The topological polar surface area (TPSA) is 64.6 Å². The van der Waals surface area contributed by atoms with Crippen molar-refractivity contribution in [3.05, 3.63) is 66.0 Å². The minimum Gasteiger partial charge on any atom is -0.484 e. The summed E-state index contributed by atoms with van der Waals surface area (Å²) >= 11 is 0. The van der Waals surface area contributed by atoms with Gasteiger partial charge in [0.15, 0.2) is 6.61 Å². The molecule has 1 N–H and O–H groups in total. The van der Waals surface area contributed by atoms with Crippen molar-refractivity contribution in [3.63, 3.8) is 0 Å². The molecule has 0 radical (unpaired) electrons. The summed E-state index contributed by atoms with van der Waals surface area (Å²) in [5, 5.41) is 2.74. The molecule has 0 bridgehead atoms. The van der Waals surface area contributed by atoms with E-state index < -0.39 is 17.9 Å². The van der Waals surface area contributed by atoms with Gasteiger partial charge in [-0.3, -0.25) is 9.59 Å². The number of carbonyl (C=O) groups is 2. The molecule has 24 heavy (non-hydrogen) atoms. The number of benzene rings is 2. The van der Waals surface area contributed by atoms with Gasteiger partial charge in [-0.2, -0.15) is 0 Å². The molecule has 5 nitrogen and oxygen atoms in total. The van der Waals surface area contributed by atoms with E-state index in [2.05, 4.69) is 10.1 Å². The van der Waals surface area contributed by atoms with Crippen molar-refractivity contribution in [2.45, 2.75) is 12.5 Å². The standard InChI is InChI=1S/C18H18FNO4/c1-23-18(22)11-16(13-5-3-2-4-6-13)20-17(21)12-24-15-9-7-14(19)8-10-15/h2-10,16H,11-12H2,1H3,(H,20,21). The molecule has 0 spiro atoms. The second-order valence-electron chi connectivity index (χ2n) is 5.05. The fourth-order valence-electron chi connectivity index (χ4n) is 2.10. The van der Waals surface area contributed by atoms with Crippen molar-refractivity contribution < 1.29 is 23.5 Å². The molecule has 0 aliphatic rings. The van der Waals surface area contributed by atoms with Crippen molar-refractivity contribution in [2.24, 2.45) is 0 Å². The Labute approximate surface area is 139 Å². The second kappa shape index (κ2) is 8.67. The predicted molar refractivity (Wildman–Crippen MR) is 85.9 cm³/mol. The molecule has 126 valence electrons. The van der Waals surface area contributed by atoms with Gasteiger partial charge in [0.25, 0.3) is 5.91 Å². The molecule has 2 rings (SSSR count). The largest absolute Gasteiger partial charge is 0.484 e. The molecule has 0 saturated carbocycles. The molecule has 2 aromatic rings. The van der Waals surface area contributed by atoms with Gasteiger partial charge in [-0.15, -0.1) is 0 Å². The Morgan fingerprint density at radius 2 is 1.75 bits per heavy atom. The Morgan fingerprint density at radius 3 is 2.38 bits per heavy atom. The summed E-state index contributed by atoms with van der Waals surface area (Å²) in [6.45, 7) is -0.240. The van der Waals surface area contributed by atoms with E-state index in [1.54, 1.807) is 0 Å². The van der Waals surface area contributed by atoms with Gasteiger partial charge >= 0.3 is 5.97 Å². The van der Waals surface area contributed by atoms with Crippen LogP contribution in [0.4, 0.5) is 4.39 Å². The first-order chi connectivity index (χ1) is 11.6. The summed E-state index contributed by atoms with van der Waals surface area (Å²) < 4.78 is 22.8. The third kappa shape index (κ3) is 5.39. The van der Waals surface area contributed by atoms with Crippen molar-refractivity contribution in [1.29, 1.82) is 0 Å². The number of carbonyl (C=O) groups excluding carboxylic acids is 2. The Bertz CT molecular complexity index is 673. The first-order valence-electron chi connectivity index (χ1n) is 7.38. The van der Waals surface area contributed by atoms with Gasteiger partial charge in [0.05, 0.1) is 19.6 Å². The van der Waals surface area contributed by atoms with Crippen LogP contribution in [0, 0.1) is 5.82 Å². The van der Waals surface area contributed by atoms with Gasteiger partial charge < -0.3 is 14.8 Å². The van der Waals surface area contributed by atoms with Gasteiger partial charge in [0.2, 0.25) is 0 Å². The minimum absolute atomic E-state index is 0.0167.